The molecule has 5 heteroatoms. The standard InChI is InChI=1S/C22H47NO4/c1-7-11-12-13-14-15-16-17-18-19(21(5,6)23)20(24)22(25-8-2,26-9-3)27-10-4/h19-20,24H,7-18,23H2,1-6H3. The SMILES string of the molecule is CCCCCCCCCCC(C(O)C(OCC)(OCC)OCC)C(C)(C)N. The van der Waals surface area contributed by atoms with Crippen LogP contribution in [0.15, 0.2) is 0 Å². The molecule has 0 fully saturated rings. The lowest BCUT2D eigenvalue weighted by molar-refractivity contribution is -0.418. The van der Waals surface area contributed by atoms with E-state index in [-0.39, 0.29) is 5.92 Å². The Bertz CT molecular complexity index is 327. The lowest BCUT2D eigenvalue weighted by Gasteiger charge is -2.43. The van der Waals surface area contributed by atoms with Gasteiger partial charge in [0.05, 0.1) is 0 Å². The molecule has 0 aliphatic rings. The Morgan fingerprint density at radius 3 is 1.52 bits per heavy atom. The zero-order valence-corrected chi connectivity index (χ0v) is 18.9. The molecule has 0 aliphatic heterocycles. The number of rotatable bonds is 18. The molecule has 0 aliphatic carbocycles. The van der Waals surface area contributed by atoms with Gasteiger partial charge in [0.15, 0.2) is 0 Å². The highest BCUT2D eigenvalue weighted by Gasteiger charge is 2.48. The molecule has 0 radical (unpaired) electrons. The monoisotopic (exact) mass is 389 g/mol. The molecule has 0 aromatic heterocycles. The van der Waals surface area contributed by atoms with E-state index in [1.165, 1.54) is 38.5 Å². The highest BCUT2D eigenvalue weighted by molar-refractivity contribution is 4.91. The molecule has 0 saturated carbocycles. The van der Waals surface area contributed by atoms with Gasteiger partial charge in [-0.15, -0.1) is 0 Å². The van der Waals surface area contributed by atoms with Gasteiger partial charge in [-0.2, -0.15) is 0 Å². The number of ether oxygens (including phenoxy) is 3. The molecule has 2 atom stereocenters. The van der Waals surface area contributed by atoms with Crippen LogP contribution in [0.4, 0.5) is 0 Å². The highest BCUT2D eigenvalue weighted by Crippen LogP contribution is 2.34. The van der Waals surface area contributed by atoms with E-state index in [1.807, 2.05) is 34.6 Å². The van der Waals surface area contributed by atoms with Gasteiger partial charge in [-0.05, 0) is 41.0 Å². The van der Waals surface area contributed by atoms with Crippen molar-refractivity contribution in [1.29, 1.82) is 0 Å². The topological polar surface area (TPSA) is 73.9 Å². The van der Waals surface area contributed by atoms with Crippen molar-refractivity contribution in [3.05, 3.63) is 0 Å². The number of aliphatic hydroxyl groups excluding tert-OH is 1. The molecule has 0 saturated heterocycles. The molecule has 0 aromatic carbocycles. The van der Waals surface area contributed by atoms with Gasteiger partial charge in [0.2, 0.25) is 0 Å². The van der Waals surface area contributed by atoms with Crippen molar-refractivity contribution in [2.45, 2.75) is 117 Å². The van der Waals surface area contributed by atoms with Gasteiger partial charge in [0.1, 0.15) is 6.10 Å². The van der Waals surface area contributed by atoms with Crippen molar-refractivity contribution in [3.8, 4) is 0 Å². The second kappa shape index (κ2) is 14.7. The van der Waals surface area contributed by atoms with Crippen molar-refractivity contribution >= 4 is 0 Å². The van der Waals surface area contributed by atoms with E-state index in [4.69, 9.17) is 19.9 Å². The normalized spacial score (nSPS) is 15.1. The zero-order valence-electron chi connectivity index (χ0n) is 18.9. The fourth-order valence-corrected chi connectivity index (χ4v) is 3.67. The van der Waals surface area contributed by atoms with Gasteiger partial charge in [-0.25, -0.2) is 0 Å². The molecule has 0 heterocycles. The minimum atomic E-state index is -1.44. The minimum Gasteiger partial charge on any atom is -0.384 e. The molecule has 0 bridgehead atoms. The summed E-state index contributed by atoms with van der Waals surface area (Å²) in [5.41, 5.74) is 5.88. The largest absolute Gasteiger partial charge is 0.384 e. The first-order valence-corrected chi connectivity index (χ1v) is 11.2. The van der Waals surface area contributed by atoms with Crippen LogP contribution < -0.4 is 5.73 Å². The van der Waals surface area contributed by atoms with Gasteiger partial charge < -0.3 is 25.1 Å². The third kappa shape index (κ3) is 10.2. The summed E-state index contributed by atoms with van der Waals surface area (Å²) in [6, 6.07) is 0. The molecular weight excluding hydrogens is 342 g/mol. The molecule has 0 aromatic rings. The molecular formula is C22H47NO4. The molecule has 27 heavy (non-hydrogen) atoms. The summed E-state index contributed by atoms with van der Waals surface area (Å²) in [6.45, 7) is 13.0. The van der Waals surface area contributed by atoms with Crippen LogP contribution in [0.2, 0.25) is 0 Å². The van der Waals surface area contributed by atoms with Gasteiger partial charge in [-0.3, -0.25) is 0 Å². The molecule has 2 unspecified atom stereocenters. The second-order valence-corrected chi connectivity index (χ2v) is 8.04. The van der Waals surface area contributed by atoms with E-state index < -0.39 is 17.6 Å². The quantitative estimate of drug-likeness (QED) is 0.255. The van der Waals surface area contributed by atoms with E-state index >= 15 is 0 Å². The summed E-state index contributed by atoms with van der Waals surface area (Å²) in [7, 11) is 0. The molecule has 0 rings (SSSR count). The van der Waals surface area contributed by atoms with Crippen LogP contribution in [0.1, 0.15) is 99.3 Å². The molecule has 164 valence electrons. The van der Waals surface area contributed by atoms with Crippen molar-refractivity contribution in [3.63, 3.8) is 0 Å². The predicted octanol–water partition coefficient (Wildman–Crippen LogP) is 4.99. The van der Waals surface area contributed by atoms with E-state index in [0.717, 1.165) is 19.3 Å². The Morgan fingerprint density at radius 2 is 1.15 bits per heavy atom. The van der Waals surface area contributed by atoms with Crippen LogP contribution in [0.5, 0.6) is 0 Å². The zero-order chi connectivity index (χ0) is 20.8. The number of nitrogens with two attached hydrogens (primary N) is 1. The van der Waals surface area contributed by atoms with Crippen LogP contribution >= 0.6 is 0 Å². The van der Waals surface area contributed by atoms with Gasteiger partial charge in [0, 0.05) is 31.3 Å². The maximum Gasteiger partial charge on any atom is 0.310 e. The first-order chi connectivity index (χ1) is 12.8. The first kappa shape index (κ1) is 26.8. The molecule has 3 N–H and O–H groups in total. The number of hydrogen-bond donors (Lipinski definition) is 2. The lowest BCUT2D eigenvalue weighted by atomic mass is 9.79. The van der Waals surface area contributed by atoms with E-state index in [9.17, 15) is 5.11 Å². The molecule has 0 spiro atoms. The van der Waals surface area contributed by atoms with E-state index in [0.29, 0.717) is 19.8 Å². The maximum atomic E-state index is 11.2. The van der Waals surface area contributed by atoms with Crippen molar-refractivity contribution < 1.29 is 19.3 Å². The fourth-order valence-electron chi connectivity index (χ4n) is 3.67. The number of aliphatic hydroxyl groups is 1. The number of unbranched alkanes of at least 4 members (excludes halogenated alkanes) is 7. The van der Waals surface area contributed by atoms with Gasteiger partial charge in [-0.1, -0.05) is 58.3 Å². The van der Waals surface area contributed by atoms with Gasteiger partial charge in [0.25, 0.3) is 0 Å². The Kier molecular flexibility index (Phi) is 14.6. The van der Waals surface area contributed by atoms with E-state index in [2.05, 4.69) is 6.92 Å². The third-order valence-corrected chi connectivity index (χ3v) is 5.10. The lowest BCUT2D eigenvalue weighted by Crippen LogP contribution is -2.59. The Labute approximate surface area is 168 Å². The first-order valence-electron chi connectivity index (χ1n) is 11.2. The van der Waals surface area contributed by atoms with Crippen LogP contribution in [-0.4, -0.2) is 42.5 Å². The highest BCUT2D eigenvalue weighted by atomic mass is 16.9. The Hall–Kier alpha value is -0.200. The Morgan fingerprint density at radius 1 is 0.741 bits per heavy atom. The Balaban J connectivity index is 4.84. The summed E-state index contributed by atoms with van der Waals surface area (Å²) in [4.78, 5) is 0. The molecule has 5 nitrogen and oxygen atoms in total. The van der Waals surface area contributed by atoms with E-state index in [1.54, 1.807) is 0 Å². The van der Waals surface area contributed by atoms with Crippen LogP contribution in [-0.2, 0) is 14.2 Å². The van der Waals surface area contributed by atoms with Crippen molar-refractivity contribution in [2.24, 2.45) is 11.7 Å². The molecule has 0 amide bonds. The van der Waals surface area contributed by atoms with Crippen LogP contribution in [0, 0.1) is 5.92 Å². The van der Waals surface area contributed by atoms with Crippen LogP contribution in [0.25, 0.3) is 0 Å². The summed E-state index contributed by atoms with van der Waals surface area (Å²) >= 11 is 0. The van der Waals surface area contributed by atoms with Crippen LogP contribution in [0.3, 0.4) is 0 Å². The summed E-state index contributed by atoms with van der Waals surface area (Å²) in [5.74, 6) is -1.62. The van der Waals surface area contributed by atoms with Crippen molar-refractivity contribution in [1.82, 2.24) is 0 Å². The summed E-state index contributed by atoms with van der Waals surface area (Å²) in [5, 5.41) is 11.2. The predicted molar refractivity (Wildman–Crippen MR) is 113 cm³/mol. The number of hydrogen-bond acceptors (Lipinski definition) is 5. The third-order valence-electron chi connectivity index (χ3n) is 5.10. The second-order valence-electron chi connectivity index (χ2n) is 8.04. The summed E-state index contributed by atoms with van der Waals surface area (Å²) < 4.78 is 17.3. The van der Waals surface area contributed by atoms with Gasteiger partial charge >= 0.3 is 5.97 Å². The average Bonchev–Trinajstić information content (AvgIpc) is 2.59. The average molecular weight is 390 g/mol. The summed E-state index contributed by atoms with van der Waals surface area (Å²) in [6.07, 6.45) is 9.91. The smallest absolute Gasteiger partial charge is 0.310 e. The maximum absolute atomic E-state index is 11.2. The van der Waals surface area contributed by atoms with Crippen molar-refractivity contribution in [2.75, 3.05) is 19.8 Å². The fraction of sp³-hybridized carbons (Fsp3) is 1.00. The minimum absolute atomic E-state index is 0.178.